The molecule has 0 unspecified atom stereocenters. The zero-order valence-corrected chi connectivity index (χ0v) is 23.2. The Balaban J connectivity index is 1.45. The molecule has 11 heteroatoms. The number of carbonyl (C=O) groups excluding carboxylic acids is 2. The molecule has 1 aliphatic rings. The molecule has 3 aromatic carbocycles. The molecular weight excluding hydrogens is 518 g/mol. The van der Waals surface area contributed by atoms with Crippen LogP contribution in [-0.2, 0) is 12.5 Å². The molecule has 2 heterocycles. The van der Waals surface area contributed by atoms with Crippen LogP contribution in [-0.4, -0.2) is 37.0 Å². The summed E-state index contributed by atoms with van der Waals surface area (Å²) in [6.07, 6.45) is 1.40. The highest BCUT2D eigenvalue weighted by Crippen LogP contribution is 2.38. The lowest BCUT2D eigenvalue weighted by Crippen LogP contribution is -2.57. The van der Waals surface area contributed by atoms with Crippen molar-refractivity contribution in [3.05, 3.63) is 107 Å². The predicted octanol–water partition coefficient (Wildman–Crippen LogP) is 3.47. The van der Waals surface area contributed by atoms with Crippen molar-refractivity contribution < 1.29 is 18.4 Å². The minimum Gasteiger partial charge on any atom is -0.398 e. The Morgan fingerprint density at radius 3 is 2.46 bits per heavy atom. The van der Waals surface area contributed by atoms with Gasteiger partial charge in [-0.05, 0) is 37.3 Å². The average molecular weight is 543 g/mol. The van der Waals surface area contributed by atoms with Gasteiger partial charge in [-0.2, -0.15) is 19.1 Å². The number of fused-ring (bicyclic) bond motifs is 1. The van der Waals surface area contributed by atoms with Crippen LogP contribution in [0.4, 0.5) is 25.8 Å². The normalized spacial score (nSPS) is 17.0. The number of nitrogens with two attached hydrogens (primary N) is 1. The molecule has 3 N–H and O–H groups in total. The van der Waals surface area contributed by atoms with Crippen molar-refractivity contribution in [3.63, 3.8) is 0 Å². The monoisotopic (exact) mass is 542 g/mol. The lowest BCUT2D eigenvalue weighted by atomic mass is 9.99. The van der Waals surface area contributed by atoms with Crippen LogP contribution >= 0.6 is 0 Å². The number of hydrogen-bond acceptors (Lipinski definition) is 5. The van der Waals surface area contributed by atoms with Crippen LogP contribution in [0.15, 0.2) is 79.0 Å². The van der Waals surface area contributed by atoms with Crippen molar-refractivity contribution in [2.45, 2.75) is 24.6 Å². The second-order valence-corrected chi connectivity index (χ2v) is 12.0. The van der Waals surface area contributed by atoms with Crippen LogP contribution < -0.4 is 16.0 Å². The van der Waals surface area contributed by atoms with Gasteiger partial charge in [-0.3, -0.25) is 14.3 Å². The van der Waals surface area contributed by atoms with Gasteiger partial charge in [0.05, 0.1) is 24.0 Å². The number of amides is 2. The van der Waals surface area contributed by atoms with E-state index in [0.717, 1.165) is 0 Å². The molecule has 8 nitrogen and oxygen atoms in total. The fraction of sp³-hybridized carbons (Fsp3) is 0.143. The number of nitrogens with one attached hydrogen (secondary N) is 1. The number of anilines is 3. The van der Waals surface area contributed by atoms with Gasteiger partial charge in [0.1, 0.15) is 11.8 Å². The van der Waals surface area contributed by atoms with Gasteiger partial charge < -0.3 is 16.0 Å². The zero-order valence-electron chi connectivity index (χ0n) is 21.2. The molecule has 1 atom stereocenters. The topological polar surface area (TPSA) is 117 Å². The van der Waals surface area contributed by atoms with Crippen molar-refractivity contribution in [1.29, 1.82) is 5.26 Å². The number of alkyl halides is 2. The van der Waals surface area contributed by atoms with Crippen molar-refractivity contribution in [3.8, 4) is 6.07 Å². The Kier molecular flexibility index (Phi) is 6.28. The molecule has 196 valence electrons. The lowest BCUT2D eigenvalue weighted by Gasteiger charge is -2.42. The SMILES string of the molecule is C[C@]1([SiH3])Cn2ncc(NC(=O)c3ccc(N)c(C#N)c3)c2C(=O)N1c1ccc(C(F)(F)c2ccccc2)cc1. The number of carbonyl (C=O) groups is 2. The summed E-state index contributed by atoms with van der Waals surface area (Å²) in [5, 5.41) is 15.6. The lowest BCUT2D eigenvalue weighted by molar-refractivity contribution is 0.0428. The zero-order chi connectivity index (χ0) is 27.9. The van der Waals surface area contributed by atoms with Crippen molar-refractivity contribution in [2.75, 3.05) is 16.0 Å². The molecule has 5 rings (SSSR count). The smallest absolute Gasteiger partial charge is 0.298 e. The summed E-state index contributed by atoms with van der Waals surface area (Å²) in [5.41, 5.74) is 6.90. The fourth-order valence-electron chi connectivity index (χ4n) is 4.73. The van der Waals surface area contributed by atoms with Crippen LogP contribution in [0.25, 0.3) is 0 Å². The van der Waals surface area contributed by atoms with E-state index in [-0.39, 0.29) is 39.3 Å². The Morgan fingerprint density at radius 1 is 1.13 bits per heavy atom. The molecule has 0 bridgehead atoms. The van der Waals surface area contributed by atoms with Crippen LogP contribution in [0.3, 0.4) is 0 Å². The number of nitrogens with zero attached hydrogens (tertiary/aromatic N) is 4. The molecule has 1 aromatic heterocycles. The van der Waals surface area contributed by atoms with E-state index in [1.807, 2.05) is 13.0 Å². The first-order valence-corrected chi connectivity index (χ1v) is 13.1. The largest absolute Gasteiger partial charge is 0.398 e. The number of nitrogen functional groups attached to an aromatic ring is 1. The van der Waals surface area contributed by atoms with Crippen LogP contribution in [0.2, 0.25) is 0 Å². The number of halogens is 2. The third-order valence-corrected chi connectivity index (χ3v) is 7.46. The van der Waals surface area contributed by atoms with Gasteiger partial charge in [0.25, 0.3) is 17.7 Å². The highest BCUT2D eigenvalue weighted by molar-refractivity contribution is 6.24. The summed E-state index contributed by atoms with van der Waals surface area (Å²) in [7, 11) is 0.556. The highest BCUT2D eigenvalue weighted by Gasteiger charge is 2.42. The van der Waals surface area contributed by atoms with E-state index in [1.54, 1.807) is 27.8 Å². The van der Waals surface area contributed by atoms with E-state index in [0.29, 0.717) is 22.5 Å². The number of hydrogen-bond donors (Lipinski definition) is 2. The molecule has 4 aromatic rings. The Morgan fingerprint density at radius 2 is 1.79 bits per heavy atom. The predicted molar refractivity (Wildman–Crippen MR) is 147 cm³/mol. The maximum absolute atomic E-state index is 15.1. The Bertz CT molecular complexity index is 1630. The van der Waals surface area contributed by atoms with Crippen LogP contribution in [0.1, 0.15) is 44.5 Å². The molecule has 1 aliphatic heterocycles. The van der Waals surface area contributed by atoms with Gasteiger partial charge in [0.2, 0.25) is 0 Å². The highest BCUT2D eigenvalue weighted by atomic mass is 28.1. The number of nitriles is 1. The summed E-state index contributed by atoms with van der Waals surface area (Å²) < 4.78 is 31.7. The second kappa shape index (κ2) is 9.49. The Hall–Kier alpha value is -4.82. The van der Waals surface area contributed by atoms with E-state index in [2.05, 4.69) is 10.4 Å². The van der Waals surface area contributed by atoms with Crippen LogP contribution in [0.5, 0.6) is 0 Å². The molecule has 39 heavy (non-hydrogen) atoms. The summed E-state index contributed by atoms with van der Waals surface area (Å²) in [4.78, 5) is 28.3. The van der Waals surface area contributed by atoms with E-state index >= 15 is 8.78 Å². The minimum atomic E-state index is -3.19. The third-order valence-electron chi connectivity index (χ3n) is 6.70. The maximum atomic E-state index is 15.1. The Labute approximate surface area is 226 Å². The van der Waals surface area contributed by atoms with Crippen molar-refractivity contribution >= 4 is 39.1 Å². The molecule has 0 fully saturated rings. The quantitative estimate of drug-likeness (QED) is 0.296. The number of aromatic nitrogens is 2. The standard InChI is InChI=1S/C28H24F2N6O2Si/c1-27(39)16-35-24(23(15-33-35)34-25(37)17-7-12-22(32)18(13-17)14-31)26(38)36(27)21-10-8-20(9-11-21)28(29,30)19-5-3-2-4-6-19/h2-13,15H,16,32H2,1,39H3,(H,34,37)/t27-/m0/s1. The summed E-state index contributed by atoms with van der Waals surface area (Å²) >= 11 is 0. The van der Waals surface area contributed by atoms with E-state index in [4.69, 9.17) is 5.73 Å². The number of benzene rings is 3. The van der Waals surface area contributed by atoms with E-state index in [9.17, 15) is 14.9 Å². The van der Waals surface area contributed by atoms with Crippen LogP contribution in [0, 0.1) is 11.3 Å². The molecule has 0 saturated heterocycles. The van der Waals surface area contributed by atoms with Gasteiger partial charge in [-0.1, -0.05) is 42.5 Å². The first-order valence-electron chi connectivity index (χ1n) is 12.1. The molecular formula is C28H24F2N6O2Si. The molecule has 0 radical (unpaired) electrons. The molecule has 2 amide bonds. The molecule has 0 aliphatic carbocycles. The maximum Gasteiger partial charge on any atom is 0.298 e. The number of rotatable bonds is 5. The van der Waals surface area contributed by atoms with Gasteiger partial charge in [-0.15, -0.1) is 0 Å². The summed E-state index contributed by atoms with van der Waals surface area (Å²) in [5.74, 6) is -4.14. The third kappa shape index (κ3) is 4.55. The molecule has 0 spiro atoms. The summed E-state index contributed by atoms with van der Waals surface area (Å²) in [6.45, 7) is 2.27. The van der Waals surface area contributed by atoms with Gasteiger partial charge in [0.15, 0.2) is 0 Å². The van der Waals surface area contributed by atoms with Crippen molar-refractivity contribution in [2.24, 2.45) is 0 Å². The first-order chi connectivity index (χ1) is 18.5. The summed E-state index contributed by atoms with van der Waals surface area (Å²) in [6, 6.07) is 19.5. The first kappa shape index (κ1) is 25.8. The van der Waals surface area contributed by atoms with Gasteiger partial charge >= 0.3 is 0 Å². The van der Waals surface area contributed by atoms with E-state index in [1.165, 1.54) is 60.8 Å². The second-order valence-electron chi connectivity index (χ2n) is 9.87. The average Bonchev–Trinajstić information content (AvgIpc) is 3.30. The minimum absolute atomic E-state index is 0.119. The van der Waals surface area contributed by atoms with Gasteiger partial charge in [-0.25, -0.2) is 0 Å². The van der Waals surface area contributed by atoms with Gasteiger partial charge in [0, 0.05) is 43.5 Å². The fourth-order valence-corrected chi connectivity index (χ4v) is 5.49. The molecule has 0 saturated carbocycles. The van der Waals surface area contributed by atoms with Crippen molar-refractivity contribution in [1.82, 2.24) is 9.78 Å². The van der Waals surface area contributed by atoms with E-state index < -0.39 is 22.9 Å².